The van der Waals surface area contributed by atoms with Crippen molar-refractivity contribution in [3.05, 3.63) is 35.1 Å². The third-order valence-electron chi connectivity index (χ3n) is 2.52. The molecule has 16 heavy (non-hydrogen) atoms. The molecule has 0 atom stereocenters. The summed E-state index contributed by atoms with van der Waals surface area (Å²) >= 11 is 3.35. The lowest BCUT2D eigenvalue weighted by atomic mass is 10.0. The van der Waals surface area contributed by atoms with Crippen molar-refractivity contribution >= 4 is 21.7 Å². The molecule has 0 fully saturated rings. The lowest BCUT2D eigenvalue weighted by Crippen LogP contribution is -2.00. The normalized spacial score (nSPS) is 10.4. The Labute approximate surface area is 104 Å². The summed E-state index contributed by atoms with van der Waals surface area (Å²) in [7, 11) is 0. The fraction of sp³-hybridized carbons (Fsp3) is 0.462. The zero-order chi connectivity index (χ0) is 12.0. The predicted molar refractivity (Wildman–Crippen MR) is 67.7 cm³/mol. The quantitative estimate of drug-likeness (QED) is 0.434. The number of Topliss-reactive ketones (excluding diaryl/α,β-unsaturated/α-hetero) is 1. The molecule has 1 rings (SSSR count). The molecule has 0 heterocycles. The van der Waals surface area contributed by atoms with Crippen LogP contribution in [0, 0.1) is 12.7 Å². The largest absolute Gasteiger partial charge is 0.294 e. The number of carbonyl (C=O) groups is 1. The van der Waals surface area contributed by atoms with Crippen molar-refractivity contribution in [3.63, 3.8) is 0 Å². The summed E-state index contributed by atoms with van der Waals surface area (Å²) in [5, 5.41) is 0.983. The van der Waals surface area contributed by atoms with Crippen LogP contribution in [-0.2, 0) is 0 Å². The molecule has 0 amide bonds. The van der Waals surface area contributed by atoms with Crippen molar-refractivity contribution in [2.75, 3.05) is 5.33 Å². The molecule has 0 spiro atoms. The molecule has 1 nitrogen and oxygen atoms in total. The van der Waals surface area contributed by atoms with Gasteiger partial charge in [0, 0.05) is 17.3 Å². The molecule has 0 aromatic heterocycles. The third-order valence-corrected chi connectivity index (χ3v) is 3.08. The van der Waals surface area contributed by atoms with Gasteiger partial charge in [-0.25, -0.2) is 4.39 Å². The minimum Gasteiger partial charge on any atom is -0.294 e. The van der Waals surface area contributed by atoms with Gasteiger partial charge in [-0.2, -0.15) is 0 Å². The van der Waals surface area contributed by atoms with Crippen molar-refractivity contribution in [3.8, 4) is 0 Å². The highest BCUT2D eigenvalue weighted by molar-refractivity contribution is 9.09. The van der Waals surface area contributed by atoms with Gasteiger partial charge in [-0.3, -0.25) is 4.79 Å². The van der Waals surface area contributed by atoms with Crippen LogP contribution in [-0.4, -0.2) is 11.1 Å². The first-order valence-corrected chi connectivity index (χ1v) is 6.62. The molecular formula is C13H16BrFO. The van der Waals surface area contributed by atoms with Gasteiger partial charge in [0.2, 0.25) is 0 Å². The Bertz CT molecular complexity index is 363. The van der Waals surface area contributed by atoms with Crippen molar-refractivity contribution in [2.24, 2.45) is 0 Å². The van der Waals surface area contributed by atoms with Crippen LogP contribution in [0.3, 0.4) is 0 Å². The van der Waals surface area contributed by atoms with Gasteiger partial charge in [0.15, 0.2) is 5.78 Å². The van der Waals surface area contributed by atoms with Crippen LogP contribution < -0.4 is 0 Å². The average molecular weight is 287 g/mol. The van der Waals surface area contributed by atoms with Crippen LogP contribution in [0.4, 0.5) is 4.39 Å². The fourth-order valence-corrected chi connectivity index (χ4v) is 1.92. The van der Waals surface area contributed by atoms with Gasteiger partial charge in [0.1, 0.15) is 5.82 Å². The second-order valence-corrected chi connectivity index (χ2v) is 4.68. The maximum atomic E-state index is 13.0. The first kappa shape index (κ1) is 13.4. The van der Waals surface area contributed by atoms with Gasteiger partial charge in [0.05, 0.1) is 0 Å². The molecule has 0 radical (unpaired) electrons. The molecule has 0 aliphatic heterocycles. The second-order valence-electron chi connectivity index (χ2n) is 3.89. The summed E-state index contributed by atoms with van der Waals surface area (Å²) in [5.74, 6) is -0.145. The van der Waals surface area contributed by atoms with E-state index in [1.807, 2.05) is 0 Å². The average Bonchev–Trinajstić information content (AvgIpc) is 2.28. The first-order valence-electron chi connectivity index (χ1n) is 5.50. The number of ketones is 1. The maximum absolute atomic E-state index is 13.0. The van der Waals surface area contributed by atoms with E-state index in [4.69, 9.17) is 0 Å². The minimum absolute atomic E-state index is 0.109. The van der Waals surface area contributed by atoms with Gasteiger partial charge in [-0.15, -0.1) is 0 Å². The summed E-state index contributed by atoms with van der Waals surface area (Å²) in [5.41, 5.74) is 1.16. The summed E-state index contributed by atoms with van der Waals surface area (Å²) in [6.07, 6.45) is 3.60. The van der Waals surface area contributed by atoms with Crippen LogP contribution in [0.25, 0.3) is 0 Å². The number of hydrogen-bond acceptors (Lipinski definition) is 1. The van der Waals surface area contributed by atoms with Gasteiger partial charge in [-0.05, 0) is 43.5 Å². The smallest absolute Gasteiger partial charge is 0.162 e. The molecule has 1 aromatic carbocycles. The number of alkyl halides is 1. The third kappa shape index (κ3) is 4.05. The number of rotatable bonds is 6. The van der Waals surface area contributed by atoms with E-state index < -0.39 is 0 Å². The van der Waals surface area contributed by atoms with Gasteiger partial charge < -0.3 is 0 Å². The minimum atomic E-state index is -0.254. The van der Waals surface area contributed by atoms with E-state index in [0.29, 0.717) is 17.5 Å². The van der Waals surface area contributed by atoms with Crippen molar-refractivity contribution in [1.82, 2.24) is 0 Å². The Kier molecular flexibility index (Phi) is 5.67. The van der Waals surface area contributed by atoms with Crippen LogP contribution >= 0.6 is 15.9 Å². The molecule has 88 valence electrons. The summed E-state index contributed by atoms with van der Waals surface area (Å²) in [4.78, 5) is 11.7. The van der Waals surface area contributed by atoms with E-state index in [9.17, 15) is 9.18 Å². The highest BCUT2D eigenvalue weighted by Gasteiger charge is 2.07. The molecule has 0 bridgehead atoms. The standard InChI is InChI=1S/C13H16BrFO/c1-10-9-11(6-7-12(10)15)13(16)5-3-2-4-8-14/h6-7,9H,2-5,8H2,1H3. The van der Waals surface area contributed by atoms with Crippen molar-refractivity contribution in [2.45, 2.75) is 32.6 Å². The number of halogens is 2. The molecule has 0 aliphatic rings. The molecule has 0 unspecified atom stereocenters. The summed E-state index contributed by atoms with van der Waals surface area (Å²) in [6, 6.07) is 4.55. The Balaban J connectivity index is 2.50. The van der Waals surface area contributed by atoms with Gasteiger partial charge in [-0.1, -0.05) is 22.4 Å². The van der Waals surface area contributed by atoms with Crippen molar-refractivity contribution < 1.29 is 9.18 Å². The summed E-state index contributed by atoms with van der Waals surface area (Å²) < 4.78 is 13.0. The maximum Gasteiger partial charge on any atom is 0.162 e. The van der Waals surface area contributed by atoms with Crippen LogP contribution in [0.1, 0.15) is 41.6 Å². The molecule has 0 saturated heterocycles. The SMILES string of the molecule is Cc1cc(C(=O)CCCCCBr)ccc1F. The number of carbonyl (C=O) groups excluding carboxylic acids is 1. The zero-order valence-corrected chi connectivity index (χ0v) is 11.0. The Morgan fingerprint density at radius 1 is 1.31 bits per heavy atom. The van der Waals surface area contributed by atoms with Crippen LogP contribution in [0.15, 0.2) is 18.2 Å². The second kappa shape index (κ2) is 6.79. The van der Waals surface area contributed by atoms with Gasteiger partial charge >= 0.3 is 0 Å². The Hall–Kier alpha value is -0.700. The number of aryl methyl sites for hydroxylation is 1. The monoisotopic (exact) mass is 286 g/mol. The highest BCUT2D eigenvalue weighted by atomic mass is 79.9. The van der Waals surface area contributed by atoms with E-state index in [0.717, 1.165) is 24.6 Å². The molecule has 0 aliphatic carbocycles. The molecule has 3 heteroatoms. The summed E-state index contributed by atoms with van der Waals surface area (Å²) in [6.45, 7) is 1.68. The Morgan fingerprint density at radius 2 is 2.06 bits per heavy atom. The number of unbranched alkanes of at least 4 members (excludes halogenated alkanes) is 2. The van der Waals surface area contributed by atoms with Gasteiger partial charge in [0.25, 0.3) is 0 Å². The van der Waals surface area contributed by atoms with Crippen LogP contribution in [0.5, 0.6) is 0 Å². The van der Waals surface area contributed by atoms with E-state index in [2.05, 4.69) is 15.9 Å². The lowest BCUT2D eigenvalue weighted by molar-refractivity contribution is 0.0979. The lowest BCUT2D eigenvalue weighted by Gasteiger charge is -2.03. The molecular weight excluding hydrogens is 271 g/mol. The molecule has 1 aromatic rings. The topological polar surface area (TPSA) is 17.1 Å². The number of hydrogen-bond donors (Lipinski definition) is 0. The predicted octanol–water partition coefficient (Wildman–Crippen LogP) is 4.27. The number of benzene rings is 1. The van der Waals surface area contributed by atoms with E-state index >= 15 is 0 Å². The van der Waals surface area contributed by atoms with E-state index in [1.165, 1.54) is 6.07 Å². The van der Waals surface area contributed by atoms with E-state index in [1.54, 1.807) is 19.1 Å². The van der Waals surface area contributed by atoms with E-state index in [-0.39, 0.29) is 11.6 Å². The zero-order valence-electron chi connectivity index (χ0n) is 9.43. The fourth-order valence-electron chi connectivity index (χ4n) is 1.52. The van der Waals surface area contributed by atoms with Crippen LogP contribution in [0.2, 0.25) is 0 Å². The van der Waals surface area contributed by atoms with Crippen molar-refractivity contribution in [1.29, 1.82) is 0 Å². The molecule has 0 N–H and O–H groups in total. The molecule has 0 saturated carbocycles. The first-order chi connectivity index (χ1) is 7.65. The Morgan fingerprint density at radius 3 is 2.69 bits per heavy atom. The highest BCUT2D eigenvalue weighted by Crippen LogP contribution is 2.13.